The maximum absolute atomic E-state index is 14.3. The highest BCUT2D eigenvalue weighted by atomic mass is 19.1. The lowest BCUT2D eigenvalue weighted by Gasteiger charge is -2.59. The summed E-state index contributed by atoms with van der Waals surface area (Å²) in [6, 6.07) is 6.02. The van der Waals surface area contributed by atoms with Crippen molar-refractivity contribution in [3.63, 3.8) is 0 Å². The summed E-state index contributed by atoms with van der Waals surface area (Å²) in [6.45, 7) is 11.9. The van der Waals surface area contributed by atoms with E-state index in [1.165, 1.54) is 30.1 Å². The van der Waals surface area contributed by atoms with Gasteiger partial charge in [-0.1, -0.05) is 0 Å². The molecule has 6 rings (SSSR count). The van der Waals surface area contributed by atoms with E-state index in [4.69, 9.17) is 9.47 Å². The lowest BCUT2D eigenvalue weighted by Crippen LogP contribution is -2.65. The summed E-state index contributed by atoms with van der Waals surface area (Å²) in [7, 11) is 4.22. The second-order valence-electron chi connectivity index (χ2n) is 13.2. The van der Waals surface area contributed by atoms with E-state index in [1.54, 1.807) is 11.1 Å². The minimum atomic E-state index is -0.490. The van der Waals surface area contributed by atoms with Gasteiger partial charge in [0.25, 0.3) is 5.91 Å². The van der Waals surface area contributed by atoms with Gasteiger partial charge >= 0.3 is 0 Å². The van der Waals surface area contributed by atoms with E-state index in [2.05, 4.69) is 43.7 Å². The number of pyridine rings is 1. The molecule has 0 N–H and O–H groups in total. The zero-order chi connectivity index (χ0) is 31.7. The molecule has 0 atom stereocenters. The molecule has 2 aromatic heterocycles. The minimum Gasteiger partial charge on any atom is -0.490 e. The quantitative estimate of drug-likeness (QED) is 0.305. The summed E-state index contributed by atoms with van der Waals surface area (Å²) in [6.07, 6.45) is 8.06. The van der Waals surface area contributed by atoms with E-state index in [1.807, 2.05) is 33.0 Å². The molecule has 2 aliphatic heterocycles. The average molecular weight is 618 g/mol. The van der Waals surface area contributed by atoms with E-state index in [-0.39, 0.29) is 34.8 Å². The summed E-state index contributed by atoms with van der Waals surface area (Å²) in [5, 5.41) is 0. The highest BCUT2D eigenvalue weighted by Gasteiger charge is 2.54. The average Bonchev–Trinajstić information content (AvgIpc) is 2.98. The summed E-state index contributed by atoms with van der Waals surface area (Å²) in [4.78, 5) is 35.3. The molecule has 4 heterocycles. The van der Waals surface area contributed by atoms with E-state index in [9.17, 15) is 9.18 Å². The molecule has 1 aliphatic carbocycles. The van der Waals surface area contributed by atoms with Crippen LogP contribution in [0.2, 0.25) is 0 Å². The van der Waals surface area contributed by atoms with E-state index < -0.39 is 5.82 Å². The molecule has 1 saturated heterocycles. The van der Waals surface area contributed by atoms with Crippen molar-refractivity contribution in [2.75, 3.05) is 58.3 Å². The van der Waals surface area contributed by atoms with Gasteiger partial charge in [0.05, 0.1) is 11.8 Å². The maximum atomic E-state index is 14.3. The van der Waals surface area contributed by atoms with Gasteiger partial charge in [-0.25, -0.2) is 14.4 Å². The fourth-order valence-corrected chi connectivity index (χ4v) is 6.84. The number of carbonyl (C=O) groups is 1. The summed E-state index contributed by atoms with van der Waals surface area (Å²) >= 11 is 0. The SMILES string of the molecule is CCN(C(=O)c1cc(F)ccc1Oc1cncnc1N1CC2(CC(Oc3ccnc4c3CN(CCN(C)C)CC4)C2)C1)C(C)C. The standard InChI is InChI=1S/C34H44FN7O3/c1-6-42(23(2)3)33(43)26-15-24(35)7-8-29(26)45-31-18-36-22-38-32(31)41-20-34(21-41)16-25(17-34)44-30-9-11-37-28-10-12-40(19-27(28)30)14-13-39(4)5/h7-9,11,15,18,22-23,25H,6,10,12-14,16-17,19-21H2,1-5H3. The van der Waals surface area contributed by atoms with Crippen LogP contribution in [0.25, 0.3) is 0 Å². The molecule has 1 saturated carbocycles. The third kappa shape index (κ3) is 6.60. The molecule has 0 radical (unpaired) electrons. The molecule has 1 spiro atoms. The van der Waals surface area contributed by atoms with E-state index >= 15 is 0 Å². The predicted molar refractivity (Wildman–Crippen MR) is 170 cm³/mol. The van der Waals surface area contributed by atoms with Gasteiger partial charge in [0.2, 0.25) is 0 Å². The fourth-order valence-electron chi connectivity index (χ4n) is 6.84. The Labute approximate surface area is 265 Å². The first-order chi connectivity index (χ1) is 21.6. The Kier molecular flexibility index (Phi) is 8.92. The molecule has 0 unspecified atom stereocenters. The van der Waals surface area contributed by atoms with Gasteiger partial charge in [-0.2, -0.15) is 0 Å². The fraction of sp³-hybridized carbons (Fsp3) is 0.529. The number of ether oxygens (including phenoxy) is 2. The van der Waals surface area contributed by atoms with Crippen LogP contribution in [0.1, 0.15) is 55.2 Å². The lowest BCUT2D eigenvalue weighted by molar-refractivity contribution is -0.0352. The number of rotatable bonds is 11. The first-order valence-corrected chi connectivity index (χ1v) is 16.0. The monoisotopic (exact) mass is 617 g/mol. The lowest BCUT2D eigenvalue weighted by atomic mass is 9.61. The number of benzene rings is 1. The smallest absolute Gasteiger partial charge is 0.257 e. The van der Waals surface area contributed by atoms with Crippen molar-refractivity contribution >= 4 is 11.7 Å². The molecule has 2 fully saturated rings. The zero-order valence-corrected chi connectivity index (χ0v) is 27.0. The summed E-state index contributed by atoms with van der Waals surface area (Å²) < 4.78 is 27.1. The Bertz CT molecular complexity index is 1520. The molecular formula is C34H44FN7O3. The van der Waals surface area contributed by atoms with Crippen LogP contribution in [0.15, 0.2) is 43.0 Å². The Hall–Kier alpha value is -3.83. The zero-order valence-electron chi connectivity index (χ0n) is 27.0. The Morgan fingerprint density at radius 2 is 1.93 bits per heavy atom. The first-order valence-electron chi connectivity index (χ1n) is 16.0. The third-order valence-corrected chi connectivity index (χ3v) is 9.25. The van der Waals surface area contributed by atoms with Crippen molar-refractivity contribution in [2.24, 2.45) is 5.41 Å². The van der Waals surface area contributed by atoms with Crippen molar-refractivity contribution in [3.8, 4) is 17.2 Å². The van der Waals surface area contributed by atoms with Crippen molar-refractivity contribution in [2.45, 2.75) is 58.7 Å². The van der Waals surface area contributed by atoms with Crippen LogP contribution >= 0.6 is 0 Å². The molecule has 3 aliphatic rings. The molecule has 10 nitrogen and oxygen atoms in total. The number of aromatic nitrogens is 3. The van der Waals surface area contributed by atoms with Crippen LogP contribution in [-0.2, 0) is 13.0 Å². The maximum Gasteiger partial charge on any atom is 0.257 e. The van der Waals surface area contributed by atoms with Crippen molar-refractivity contribution in [3.05, 3.63) is 65.6 Å². The number of hydrogen-bond donors (Lipinski definition) is 0. The van der Waals surface area contributed by atoms with E-state index in [0.29, 0.717) is 18.1 Å². The number of hydrogen-bond acceptors (Lipinski definition) is 9. The number of likely N-dealkylation sites (N-methyl/N-ethyl adjacent to an activating group) is 1. The van der Waals surface area contributed by atoms with Crippen LogP contribution < -0.4 is 14.4 Å². The second-order valence-corrected chi connectivity index (χ2v) is 13.2. The second kappa shape index (κ2) is 12.9. The van der Waals surface area contributed by atoms with Crippen LogP contribution in [0.4, 0.5) is 10.2 Å². The number of fused-ring (bicyclic) bond motifs is 1. The molecule has 240 valence electrons. The largest absolute Gasteiger partial charge is 0.490 e. The van der Waals surface area contributed by atoms with Gasteiger partial charge in [0.1, 0.15) is 29.7 Å². The molecule has 1 amide bonds. The molecular weight excluding hydrogens is 573 g/mol. The van der Waals surface area contributed by atoms with Crippen molar-refractivity contribution < 1.29 is 18.7 Å². The van der Waals surface area contributed by atoms with Gasteiger partial charge < -0.3 is 24.2 Å². The number of amides is 1. The summed E-state index contributed by atoms with van der Waals surface area (Å²) in [5.41, 5.74) is 2.74. The predicted octanol–water partition coefficient (Wildman–Crippen LogP) is 4.64. The van der Waals surface area contributed by atoms with Gasteiger partial charge in [0, 0.05) is 81.1 Å². The first kappa shape index (κ1) is 31.2. The topological polar surface area (TPSA) is 87.2 Å². The van der Waals surface area contributed by atoms with Gasteiger partial charge in [0.15, 0.2) is 11.6 Å². The number of nitrogens with zero attached hydrogens (tertiary/aromatic N) is 7. The minimum absolute atomic E-state index is 0.0337. The highest BCUT2D eigenvalue weighted by Crippen LogP contribution is 2.52. The van der Waals surface area contributed by atoms with Crippen LogP contribution in [0.5, 0.6) is 17.2 Å². The molecule has 3 aromatic rings. The van der Waals surface area contributed by atoms with Crippen LogP contribution in [0.3, 0.4) is 0 Å². The number of anilines is 1. The van der Waals surface area contributed by atoms with Gasteiger partial charge in [-0.3, -0.25) is 14.7 Å². The molecule has 0 bridgehead atoms. The Morgan fingerprint density at radius 3 is 2.67 bits per heavy atom. The number of halogens is 1. The van der Waals surface area contributed by atoms with Crippen LogP contribution in [-0.4, -0.2) is 101 Å². The van der Waals surface area contributed by atoms with Crippen LogP contribution in [0, 0.1) is 11.2 Å². The van der Waals surface area contributed by atoms with Gasteiger partial charge in [-0.15, -0.1) is 0 Å². The Balaban J connectivity index is 1.09. The molecule has 45 heavy (non-hydrogen) atoms. The van der Waals surface area contributed by atoms with E-state index in [0.717, 1.165) is 70.0 Å². The Morgan fingerprint density at radius 1 is 1.13 bits per heavy atom. The normalized spacial score (nSPS) is 17.6. The molecule has 11 heteroatoms. The summed E-state index contributed by atoms with van der Waals surface area (Å²) in [5.74, 6) is 1.59. The highest BCUT2D eigenvalue weighted by molar-refractivity contribution is 5.97. The van der Waals surface area contributed by atoms with Crippen molar-refractivity contribution in [1.29, 1.82) is 0 Å². The third-order valence-electron chi connectivity index (χ3n) is 9.25. The van der Waals surface area contributed by atoms with Gasteiger partial charge in [-0.05, 0) is 72.0 Å². The van der Waals surface area contributed by atoms with Crippen molar-refractivity contribution in [1.82, 2.24) is 29.7 Å². The molecule has 1 aromatic carbocycles. The number of carbonyl (C=O) groups excluding carboxylic acids is 1.